The van der Waals surface area contributed by atoms with Crippen LogP contribution in [0, 0.1) is 13.8 Å². The van der Waals surface area contributed by atoms with E-state index in [4.69, 9.17) is 4.84 Å². The van der Waals surface area contributed by atoms with E-state index >= 15 is 0 Å². The maximum Gasteiger partial charge on any atom is 0.287 e. The minimum Gasteiger partial charge on any atom is -0.423 e. The van der Waals surface area contributed by atoms with Gasteiger partial charge in [0.15, 0.2) is 11.3 Å². The third-order valence-electron chi connectivity index (χ3n) is 8.02. The van der Waals surface area contributed by atoms with Crippen molar-refractivity contribution in [3.05, 3.63) is 153 Å². The van der Waals surface area contributed by atoms with Crippen molar-refractivity contribution >= 4 is 33.4 Å². The fraction of sp³-hybridized carbons (Fsp3) is 0.189. The molecule has 6 aromatic heterocycles. The van der Waals surface area contributed by atoms with E-state index in [1.807, 2.05) is 67.7 Å². The highest BCUT2D eigenvalue weighted by atomic mass is 16.7. The molecule has 14 heteroatoms. The van der Waals surface area contributed by atoms with E-state index in [2.05, 4.69) is 40.5 Å². The fourth-order valence-electron chi connectivity index (χ4n) is 5.48. The van der Waals surface area contributed by atoms with Crippen LogP contribution in [0.5, 0.6) is 0 Å². The zero-order valence-electron chi connectivity index (χ0n) is 28.1. The Bertz CT molecular complexity index is 2350. The quantitative estimate of drug-likeness (QED) is 0.166. The molecule has 0 fully saturated rings. The molecule has 51 heavy (non-hydrogen) atoms. The van der Waals surface area contributed by atoms with Crippen molar-refractivity contribution < 1.29 is 10.0 Å². The van der Waals surface area contributed by atoms with Crippen LogP contribution in [0.4, 0.5) is 11.4 Å². The van der Waals surface area contributed by atoms with E-state index in [0.29, 0.717) is 45.9 Å². The van der Waals surface area contributed by atoms with Gasteiger partial charge in [-0.1, -0.05) is 42.5 Å². The van der Waals surface area contributed by atoms with Gasteiger partial charge in [0.2, 0.25) is 0 Å². The molecule has 0 saturated carbocycles. The van der Waals surface area contributed by atoms with E-state index in [0.717, 1.165) is 40.6 Å². The SMILES string of the molecule is Cc1ncnc2c1c(NCCc1cccnc1)cc(=O)n2O.Cc1ncnc2c1c(NCCc1cccnc1)cc(=O)n2OCc1ccccc1. The molecule has 14 nitrogen and oxygen atoms in total. The first kappa shape index (κ1) is 34.2. The van der Waals surface area contributed by atoms with Crippen molar-refractivity contribution in [2.45, 2.75) is 33.3 Å². The van der Waals surface area contributed by atoms with Gasteiger partial charge in [0, 0.05) is 50.0 Å². The van der Waals surface area contributed by atoms with Gasteiger partial charge in [-0.05, 0) is 55.5 Å². The Hall–Kier alpha value is -6.70. The van der Waals surface area contributed by atoms with Crippen LogP contribution in [0.1, 0.15) is 28.1 Å². The van der Waals surface area contributed by atoms with Gasteiger partial charge in [0.05, 0.1) is 33.5 Å². The monoisotopic (exact) mass is 684 g/mol. The van der Waals surface area contributed by atoms with E-state index in [1.165, 1.54) is 29.5 Å². The number of fused-ring (bicyclic) bond motifs is 2. The predicted molar refractivity (Wildman–Crippen MR) is 194 cm³/mol. The highest BCUT2D eigenvalue weighted by Crippen LogP contribution is 2.23. The number of hydrogen-bond donors (Lipinski definition) is 3. The number of anilines is 2. The Morgan fingerprint density at radius 3 is 1.76 bits per heavy atom. The maximum absolute atomic E-state index is 12.7. The molecule has 0 unspecified atom stereocenters. The lowest BCUT2D eigenvalue weighted by atomic mass is 10.2. The van der Waals surface area contributed by atoms with Crippen LogP contribution in [0.2, 0.25) is 0 Å². The highest BCUT2D eigenvalue weighted by Gasteiger charge is 2.15. The third-order valence-corrected chi connectivity index (χ3v) is 8.02. The van der Waals surface area contributed by atoms with Gasteiger partial charge >= 0.3 is 0 Å². The molecule has 3 N–H and O–H groups in total. The summed E-state index contributed by atoms with van der Waals surface area (Å²) in [6.07, 6.45) is 11.4. The van der Waals surface area contributed by atoms with Crippen molar-refractivity contribution in [3.63, 3.8) is 0 Å². The Balaban J connectivity index is 0.000000183. The van der Waals surface area contributed by atoms with Gasteiger partial charge in [-0.25, -0.2) is 19.9 Å². The van der Waals surface area contributed by atoms with Gasteiger partial charge in [0.1, 0.15) is 19.3 Å². The molecule has 0 saturated heterocycles. The largest absolute Gasteiger partial charge is 0.423 e. The van der Waals surface area contributed by atoms with Crippen LogP contribution in [0.15, 0.2) is 114 Å². The lowest BCUT2D eigenvalue weighted by Gasteiger charge is -2.15. The summed E-state index contributed by atoms with van der Waals surface area (Å²) in [6, 6.07) is 20.4. The minimum absolute atomic E-state index is 0.198. The summed E-state index contributed by atoms with van der Waals surface area (Å²) < 4.78 is 1.78. The average Bonchev–Trinajstić information content (AvgIpc) is 3.15. The van der Waals surface area contributed by atoms with Crippen LogP contribution < -0.4 is 26.6 Å². The number of hydrogen-bond acceptors (Lipinski definition) is 12. The number of pyridine rings is 4. The van der Waals surface area contributed by atoms with Crippen LogP contribution in [0.25, 0.3) is 22.1 Å². The molecule has 0 amide bonds. The van der Waals surface area contributed by atoms with Crippen molar-refractivity contribution in [3.8, 4) is 0 Å². The normalized spacial score (nSPS) is 10.8. The second-order valence-electron chi connectivity index (χ2n) is 11.5. The summed E-state index contributed by atoms with van der Waals surface area (Å²) in [5.74, 6) is 0. The third kappa shape index (κ3) is 8.31. The van der Waals surface area contributed by atoms with Gasteiger partial charge in [-0.15, -0.1) is 9.46 Å². The maximum atomic E-state index is 12.7. The molecule has 0 aliphatic carbocycles. The van der Waals surface area contributed by atoms with Crippen LogP contribution in [-0.4, -0.2) is 57.7 Å². The summed E-state index contributed by atoms with van der Waals surface area (Å²) in [5, 5.41) is 17.7. The van der Waals surface area contributed by atoms with E-state index in [9.17, 15) is 14.8 Å². The summed E-state index contributed by atoms with van der Waals surface area (Å²) in [5.41, 5.74) is 5.81. The van der Waals surface area contributed by atoms with Crippen molar-refractivity contribution in [2.75, 3.05) is 23.7 Å². The Kier molecular flexibility index (Phi) is 10.8. The molecular weight excluding hydrogens is 648 g/mol. The molecule has 0 aliphatic rings. The number of rotatable bonds is 11. The summed E-state index contributed by atoms with van der Waals surface area (Å²) in [7, 11) is 0. The highest BCUT2D eigenvalue weighted by molar-refractivity contribution is 5.91. The molecule has 7 rings (SSSR count). The van der Waals surface area contributed by atoms with E-state index in [-0.39, 0.29) is 17.8 Å². The zero-order chi connectivity index (χ0) is 35.6. The second kappa shape index (κ2) is 16.1. The lowest BCUT2D eigenvalue weighted by molar-refractivity contribution is 0.0979. The predicted octanol–water partition coefficient (Wildman–Crippen LogP) is 4.17. The fourth-order valence-corrected chi connectivity index (χ4v) is 5.48. The molecule has 7 aromatic rings. The molecule has 6 heterocycles. The van der Waals surface area contributed by atoms with Crippen LogP contribution in [0.3, 0.4) is 0 Å². The summed E-state index contributed by atoms with van der Waals surface area (Å²) in [6.45, 7) is 5.25. The zero-order valence-corrected chi connectivity index (χ0v) is 28.1. The molecule has 0 atom stereocenters. The first-order valence-electron chi connectivity index (χ1n) is 16.3. The van der Waals surface area contributed by atoms with E-state index in [1.54, 1.807) is 25.5 Å². The summed E-state index contributed by atoms with van der Waals surface area (Å²) in [4.78, 5) is 55.2. The Morgan fingerprint density at radius 2 is 1.20 bits per heavy atom. The van der Waals surface area contributed by atoms with Gasteiger partial charge < -0.3 is 20.7 Å². The smallest absolute Gasteiger partial charge is 0.287 e. The topological polar surface area (TPSA) is 175 Å². The first-order chi connectivity index (χ1) is 24.9. The molecule has 0 spiro atoms. The lowest BCUT2D eigenvalue weighted by Crippen LogP contribution is -2.28. The van der Waals surface area contributed by atoms with E-state index < -0.39 is 5.56 Å². The van der Waals surface area contributed by atoms with Crippen LogP contribution >= 0.6 is 0 Å². The number of benzene rings is 1. The first-order valence-corrected chi connectivity index (χ1v) is 16.3. The molecular formula is C37H36N10O4. The number of nitrogens with zero attached hydrogens (tertiary/aromatic N) is 8. The average molecular weight is 685 g/mol. The second-order valence-corrected chi connectivity index (χ2v) is 11.5. The molecule has 0 radical (unpaired) electrons. The Labute approximate surface area is 292 Å². The molecule has 1 aromatic carbocycles. The van der Waals surface area contributed by atoms with Gasteiger partial charge in [-0.2, -0.15) is 0 Å². The minimum atomic E-state index is -0.533. The Morgan fingerprint density at radius 1 is 0.667 bits per heavy atom. The molecule has 0 bridgehead atoms. The van der Waals surface area contributed by atoms with Crippen molar-refractivity contribution in [2.24, 2.45) is 0 Å². The van der Waals surface area contributed by atoms with Crippen LogP contribution in [-0.2, 0) is 19.4 Å². The number of nitrogens with one attached hydrogen (secondary N) is 2. The number of aromatic nitrogens is 8. The van der Waals surface area contributed by atoms with Gasteiger partial charge in [-0.3, -0.25) is 19.6 Å². The number of aryl methyl sites for hydroxylation is 2. The van der Waals surface area contributed by atoms with Crippen molar-refractivity contribution in [1.82, 2.24) is 39.4 Å². The summed E-state index contributed by atoms with van der Waals surface area (Å²) >= 11 is 0. The molecule has 258 valence electrons. The standard InChI is InChI=1S/C22H21N5O2.C15H15N5O2/c1-16-21-19(24-11-9-17-8-5-10-23-13-17)12-20(28)27(22(21)26-15-25-16)29-14-18-6-3-2-4-7-18;1-10-14-12(17-6-4-11-3-2-5-16-8-11)7-13(21)20(22)15(14)19-9-18-10/h2-8,10,12-13,15,24H,9,11,14H2,1H3;2-3,5,7-9,17,22H,4,6H2,1H3. The van der Waals surface area contributed by atoms with Gasteiger partial charge in [0.25, 0.3) is 11.1 Å². The molecule has 0 aliphatic heterocycles. The van der Waals surface area contributed by atoms with Crippen molar-refractivity contribution in [1.29, 1.82) is 0 Å².